The van der Waals surface area contributed by atoms with E-state index in [1.54, 1.807) is 24.3 Å². The number of rotatable bonds is 4. The van der Waals surface area contributed by atoms with E-state index in [1.807, 2.05) is 6.07 Å². The standard InChI is InChI=1S/C17H14FNO3S/c1-22-16-10-11-17(15-5-3-2-4-14(15)16)23(20,21)19-13-8-6-12(18)7-9-13/h2-11,19H,1H3. The lowest BCUT2D eigenvalue weighted by atomic mass is 10.1. The largest absolute Gasteiger partial charge is 0.496 e. The van der Waals surface area contributed by atoms with E-state index < -0.39 is 15.8 Å². The zero-order chi connectivity index (χ0) is 16.4. The van der Waals surface area contributed by atoms with E-state index in [0.29, 0.717) is 22.2 Å². The Labute approximate surface area is 133 Å². The normalized spacial score (nSPS) is 11.4. The van der Waals surface area contributed by atoms with Crippen LogP contribution < -0.4 is 9.46 Å². The first-order chi connectivity index (χ1) is 11.0. The van der Waals surface area contributed by atoms with Gasteiger partial charge in [0, 0.05) is 16.5 Å². The minimum Gasteiger partial charge on any atom is -0.496 e. The van der Waals surface area contributed by atoms with Crippen LogP contribution in [-0.4, -0.2) is 15.5 Å². The second-order valence-corrected chi connectivity index (χ2v) is 6.57. The molecule has 0 spiro atoms. The molecule has 0 atom stereocenters. The lowest BCUT2D eigenvalue weighted by Crippen LogP contribution is -2.13. The van der Waals surface area contributed by atoms with Crippen LogP contribution in [0.1, 0.15) is 0 Å². The molecule has 0 aliphatic carbocycles. The number of methoxy groups -OCH3 is 1. The van der Waals surface area contributed by atoms with E-state index in [4.69, 9.17) is 4.74 Å². The molecule has 0 aromatic heterocycles. The van der Waals surface area contributed by atoms with Gasteiger partial charge in [0.1, 0.15) is 11.6 Å². The summed E-state index contributed by atoms with van der Waals surface area (Å²) in [5, 5.41) is 1.26. The third-order valence-corrected chi connectivity index (χ3v) is 4.89. The van der Waals surface area contributed by atoms with Gasteiger partial charge in [0.25, 0.3) is 10.0 Å². The average Bonchev–Trinajstić information content (AvgIpc) is 2.55. The number of hydrogen-bond donors (Lipinski definition) is 1. The smallest absolute Gasteiger partial charge is 0.262 e. The van der Waals surface area contributed by atoms with Gasteiger partial charge in [-0.05, 0) is 36.4 Å². The highest BCUT2D eigenvalue weighted by atomic mass is 32.2. The Hall–Kier alpha value is -2.60. The molecule has 0 bridgehead atoms. The van der Waals surface area contributed by atoms with E-state index in [1.165, 1.54) is 37.4 Å². The van der Waals surface area contributed by atoms with Gasteiger partial charge in [0.15, 0.2) is 0 Å². The molecule has 1 N–H and O–H groups in total. The van der Waals surface area contributed by atoms with Crippen molar-refractivity contribution in [2.45, 2.75) is 4.90 Å². The molecule has 0 saturated heterocycles. The number of hydrogen-bond acceptors (Lipinski definition) is 3. The Bertz CT molecular complexity index is 953. The SMILES string of the molecule is COc1ccc(S(=O)(=O)Nc2ccc(F)cc2)c2ccccc12. The second kappa shape index (κ2) is 5.89. The molecular formula is C17H14FNO3S. The molecule has 0 fully saturated rings. The fraction of sp³-hybridized carbons (Fsp3) is 0.0588. The van der Waals surface area contributed by atoms with Crippen molar-refractivity contribution in [2.75, 3.05) is 11.8 Å². The molecule has 0 aliphatic rings. The number of anilines is 1. The summed E-state index contributed by atoms with van der Waals surface area (Å²) in [5.74, 6) is 0.171. The second-order valence-electron chi connectivity index (χ2n) is 4.92. The van der Waals surface area contributed by atoms with Gasteiger partial charge in [-0.15, -0.1) is 0 Å². The molecule has 23 heavy (non-hydrogen) atoms. The van der Waals surface area contributed by atoms with Gasteiger partial charge in [-0.1, -0.05) is 24.3 Å². The lowest BCUT2D eigenvalue weighted by molar-refractivity contribution is 0.419. The van der Waals surface area contributed by atoms with Gasteiger partial charge in [-0.25, -0.2) is 12.8 Å². The molecule has 3 aromatic rings. The summed E-state index contributed by atoms with van der Waals surface area (Å²) in [5.41, 5.74) is 0.297. The Kier molecular flexibility index (Phi) is 3.92. The predicted octanol–water partition coefficient (Wildman–Crippen LogP) is 3.79. The van der Waals surface area contributed by atoms with Crippen LogP contribution in [0.3, 0.4) is 0 Å². The summed E-state index contributed by atoms with van der Waals surface area (Å²) < 4.78 is 46.0. The summed E-state index contributed by atoms with van der Waals surface area (Å²) in [6.07, 6.45) is 0. The number of sulfonamides is 1. The van der Waals surface area contributed by atoms with E-state index >= 15 is 0 Å². The molecule has 0 unspecified atom stereocenters. The van der Waals surface area contributed by atoms with Gasteiger partial charge < -0.3 is 4.74 Å². The van der Waals surface area contributed by atoms with Crippen molar-refractivity contribution in [3.63, 3.8) is 0 Å². The van der Waals surface area contributed by atoms with Crippen LogP contribution in [0.15, 0.2) is 65.6 Å². The van der Waals surface area contributed by atoms with E-state index in [0.717, 1.165) is 0 Å². The maximum Gasteiger partial charge on any atom is 0.262 e. The highest BCUT2D eigenvalue weighted by molar-refractivity contribution is 7.93. The molecule has 6 heteroatoms. The number of halogens is 1. The van der Waals surface area contributed by atoms with Gasteiger partial charge >= 0.3 is 0 Å². The van der Waals surface area contributed by atoms with Gasteiger partial charge in [0.2, 0.25) is 0 Å². The van der Waals surface area contributed by atoms with Crippen molar-refractivity contribution in [2.24, 2.45) is 0 Å². The number of benzene rings is 3. The van der Waals surface area contributed by atoms with Crippen molar-refractivity contribution in [3.8, 4) is 5.75 Å². The zero-order valence-electron chi connectivity index (χ0n) is 12.3. The fourth-order valence-electron chi connectivity index (χ4n) is 2.38. The Morgan fingerprint density at radius 3 is 2.22 bits per heavy atom. The predicted molar refractivity (Wildman–Crippen MR) is 87.7 cm³/mol. The first kappa shape index (κ1) is 15.3. The van der Waals surface area contributed by atoms with Gasteiger partial charge in [-0.3, -0.25) is 4.72 Å². The van der Waals surface area contributed by atoms with Crippen LogP contribution in [0.5, 0.6) is 5.75 Å². The molecular weight excluding hydrogens is 317 g/mol. The van der Waals surface area contributed by atoms with Crippen molar-refractivity contribution >= 4 is 26.5 Å². The molecule has 3 aromatic carbocycles. The summed E-state index contributed by atoms with van der Waals surface area (Å²) in [4.78, 5) is 0.137. The molecule has 0 saturated carbocycles. The van der Waals surface area contributed by atoms with E-state index in [2.05, 4.69) is 4.72 Å². The van der Waals surface area contributed by atoms with Crippen LogP contribution in [0.25, 0.3) is 10.8 Å². The van der Waals surface area contributed by atoms with Crippen LogP contribution in [0, 0.1) is 5.82 Å². The van der Waals surface area contributed by atoms with Crippen molar-refractivity contribution < 1.29 is 17.5 Å². The lowest BCUT2D eigenvalue weighted by Gasteiger charge is -2.12. The number of fused-ring (bicyclic) bond motifs is 1. The Morgan fingerprint density at radius 2 is 1.57 bits per heavy atom. The minimum atomic E-state index is -3.81. The molecule has 3 rings (SSSR count). The molecule has 4 nitrogen and oxygen atoms in total. The quantitative estimate of drug-likeness (QED) is 0.791. The Morgan fingerprint density at radius 1 is 0.913 bits per heavy atom. The molecule has 0 aliphatic heterocycles. The third kappa shape index (κ3) is 2.98. The Balaban J connectivity index is 2.10. The zero-order valence-corrected chi connectivity index (χ0v) is 13.1. The van der Waals surface area contributed by atoms with Gasteiger partial charge in [-0.2, -0.15) is 0 Å². The molecule has 118 valence electrons. The number of nitrogens with one attached hydrogen (secondary N) is 1. The van der Waals surface area contributed by atoms with Crippen LogP contribution in [0.4, 0.5) is 10.1 Å². The van der Waals surface area contributed by atoms with Gasteiger partial charge in [0.05, 0.1) is 12.0 Å². The summed E-state index contributed by atoms with van der Waals surface area (Å²) in [6, 6.07) is 15.3. The fourth-order valence-corrected chi connectivity index (χ4v) is 3.66. The third-order valence-electron chi connectivity index (χ3n) is 3.45. The average molecular weight is 331 g/mol. The van der Waals surface area contributed by atoms with Crippen LogP contribution >= 0.6 is 0 Å². The van der Waals surface area contributed by atoms with Crippen LogP contribution in [-0.2, 0) is 10.0 Å². The number of ether oxygens (including phenoxy) is 1. The maximum atomic E-state index is 12.9. The van der Waals surface area contributed by atoms with Crippen molar-refractivity contribution in [3.05, 3.63) is 66.5 Å². The first-order valence-electron chi connectivity index (χ1n) is 6.85. The monoisotopic (exact) mass is 331 g/mol. The van der Waals surface area contributed by atoms with Crippen molar-refractivity contribution in [1.82, 2.24) is 0 Å². The first-order valence-corrected chi connectivity index (χ1v) is 8.34. The van der Waals surface area contributed by atoms with E-state index in [-0.39, 0.29) is 4.90 Å². The minimum absolute atomic E-state index is 0.137. The summed E-state index contributed by atoms with van der Waals surface area (Å²) in [6.45, 7) is 0. The van der Waals surface area contributed by atoms with E-state index in [9.17, 15) is 12.8 Å². The molecule has 0 radical (unpaired) electrons. The van der Waals surface area contributed by atoms with Crippen LogP contribution in [0.2, 0.25) is 0 Å². The van der Waals surface area contributed by atoms with Crippen molar-refractivity contribution in [1.29, 1.82) is 0 Å². The summed E-state index contributed by atoms with van der Waals surface area (Å²) in [7, 11) is -2.27. The molecule has 0 amide bonds. The topological polar surface area (TPSA) is 55.4 Å². The maximum absolute atomic E-state index is 12.9. The molecule has 0 heterocycles. The highest BCUT2D eigenvalue weighted by Crippen LogP contribution is 2.31. The highest BCUT2D eigenvalue weighted by Gasteiger charge is 2.19. The summed E-state index contributed by atoms with van der Waals surface area (Å²) >= 11 is 0.